The molecule has 2 unspecified atom stereocenters. The standard InChI is InChI=1S/C13H14ClF5O/c1-3-8(2)9-4-6-10(7-5-9)11(20,12(14,15)16)13(17,18)19/h4-8,20H,3H2,1-2H3. The molecule has 1 nitrogen and oxygen atoms in total. The number of benzene rings is 1. The van der Waals surface area contributed by atoms with E-state index in [1.807, 2.05) is 13.8 Å². The van der Waals surface area contributed by atoms with E-state index in [9.17, 15) is 27.1 Å². The summed E-state index contributed by atoms with van der Waals surface area (Å²) < 4.78 is 64.5. The summed E-state index contributed by atoms with van der Waals surface area (Å²) in [5.41, 5.74) is -4.72. The molecule has 0 fully saturated rings. The summed E-state index contributed by atoms with van der Waals surface area (Å²) in [5.74, 6) is 0.0690. The smallest absolute Gasteiger partial charge is 0.371 e. The molecule has 0 aliphatic carbocycles. The van der Waals surface area contributed by atoms with Gasteiger partial charge in [-0.05, 0) is 29.5 Å². The molecule has 1 aromatic carbocycles. The lowest BCUT2D eigenvalue weighted by Crippen LogP contribution is -2.53. The Kier molecular flexibility index (Phi) is 4.71. The lowest BCUT2D eigenvalue weighted by Gasteiger charge is -2.34. The van der Waals surface area contributed by atoms with Gasteiger partial charge in [0.05, 0.1) is 0 Å². The van der Waals surface area contributed by atoms with E-state index < -0.39 is 22.7 Å². The van der Waals surface area contributed by atoms with Crippen LogP contribution in [0.4, 0.5) is 22.0 Å². The molecule has 0 saturated heterocycles. The second-order valence-electron chi connectivity index (χ2n) is 4.64. The quantitative estimate of drug-likeness (QED) is 0.626. The van der Waals surface area contributed by atoms with E-state index in [4.69, 9.17) is 0 Å². The van der Waals surface area contributed by atoms with Crippen molar-refractivity contribution in [1.82, 2.24) is 0 Å². The Bertz CT molecular complexity index is 435. The molecule has 0 spiro atoms. The average Bonchev–Trinajstić information content (AvgIpc) is 2.34. The molecule has 0 saturated carbocycles. The predicted octanol–water partition coefficient (Wildman–Crippen LogP) is 4.78. The highest BCUT2D eigenvalue weighted by Gasteiger charge is 2.69. The van der Waals surface area contributed by atoms with E-state index in [2.05, 4.69) is 11.6 Å². The Morgan fingerprint density at radius 2 is 1.55 bits per heavy atom. The van der Waals surface area contributed by atoms with Crippen LogP contribution < -0.4 is 0 Å². The van der Waals surface area contributed by atoms with Crippen LogP contribution in [0.1, 0.15) is 37.3 Å². The number of alkyl halides is 6. The summed E-state index contributed by atoms with van der Waals surface area (Å²) in [4.78, 5) is 0. The molecule has 20 heavy (non-hydrogen) atoms. The minimum atomic E-state index is -5.60. The van der Waals surface area contributed by atoms with Crippen LogP contribution in [0.15, 0.2) is 24.3 Å². The molecule has 0 heterocycles. The van der Waals surface area contributed by atoms with Crippen LogP contribution in [0.25, 0.3) is 0 Å². The van der Waals surface area contributed by atoms with Gasteiger partial charge in [-0.1, -0.05) is 38.1 Å². The van der Waals surface area contributed by atoms with Gasteiger partial charge in [0.1, 0.15) is 0 Å². The molecule has 0 bridgehead atoms. The molecule has 0 radical (unpaired) electrons. The van der Waals surface area contributed by atoms with Crippen LogP contribution in [0.3, 0.4) is 0 Å². The Labute approximate surface area is 118 Å². The highest BCUT2D eigenvalue weighted by molar-refractivity contribution is 6.22. The first-order valence-corrected chi connectivity index (χ1v) is 6.29. The lowest BCUT2D eigenvalue weighted by molar-refractivity contribution is -0.317. The number of hydrogen-bond acceptors (Lipinski definition) is 1. The number of halogens is 6. The summed E-state index contributed by atoms with van der Waals surface area (Å²) in [5, 5.41) is 4.56. The Morgan fingerprint density at radius 3 is 1.85 bits per heavy atom. The minimum Gasteiger partial charge on any atom is -0.371 e. The lowest BCUT2D eigenvalue weighted by atomic mass is 9.90. The molecule has 0 amide bonds. The van der Waals surface area contributed by atoms with E-state index in [1.54, 1.807) is 0 Å². The van der Waals surface area contributed by atoms with Crippen molar-refractivity contribution in [2.45, 2.75) is 43.3 Å². The van der Waals surface area contributed by atoms with Crippen LogP contribution in [0, 0.1) is 0 Å². The predicted molar refractivity (Wildman–Crippen MR) is 65.9 cm³/mol. The van der Waals surface area contributed by atoms with E-state index in [0.29, 0.717) is 5.56 Å². The van der Waals surface area contributed by atoms with Crippen LogP contribution >= 0.6 is 11.6 Å². The van der Waals surface area contributed by atoms with Crippen molar-refractivity contribution in [3.63, 3.8) is 0 Å². The first kappa shape index (κ1) is 17.2. The monoisotopic (exact) mass is 316 g/mol. The number of hydrogen-bond donors (Lipinski definition) is 1. The van der Waals surface area contributed by atoms with Crippen molar-refractivity contribution in [3.05, 3.63) is 35.4 Å². The Hall–Kier alpha value is -0.880. The molecular weight excluding hydrogens is 303 g/mol. The van der Waals surface area contributed by atoms with E-state index in [0.717, 1.165) is 18.6 Å². The average molecular weight is 317 g/mol. The fourth-order valence-corrected chi connectivity index (χ4v) is 1.99. The molecule has 1 aromatic rings. The third kappa shape index (κ3) is 2.91. The van der Waals surface area contributed by atoms with E-state index in [-0.39, 0.29) is 5.92 Å². The maximum absolute atomic E-state index is 13.1. The largest absolute Gasteiger partial charge is 0.428 e. The molecule has 114 valence electrons. The van der Waals surface area contributed by atoms with Crippen molar-refractivity contribution in [2.75, 3.05) is 0 Å². The Morgan fingerprint density at radius 1 is 1.10 bits per heavy atom. The van der Waals surface area contributed by atoms with Gasteiger partial charge >= 0.3 is 11.6 Å². The van der Waals surface area contributed by atoms with Gasteiger partial charge < -0.3 is 5.11 Å². The first-order chi connectivity index (χ1) is 8.95. The van der Waals surface area contributed by atoms with Gasteiger partial charge in [0.15, 0.2) is 0 Å². The summed E-state index contributed by atoms with van der Waals surface area (Å²) in [7, 11) is 0. The summed E-state index contributed by atoms with van der Waals surface area (Å²) in [6.07, 6.45) is -4.86. The molecule has 1 N–H and O–H groups in total. The summed E-state index contributed by atoms with van der Waals surface area (Å²) in [6, 6.07) is 4.21. The number of aliphatic hydroxyl groups is 1. The topological polar surface area (TPSA) is 20.2 Å². The van der Waals surface area contributed by atoms with E-state index >= 15 is 0 Å². The third-order valence-electron chi connectivity index (χ3n) is 3.33. The second kappa shape index (κ2) is 5.48. The fourth-order valence-electron chi connectivity index (χ4n) is 1.78. The zero-order valence-corrected chi connectivity index (χ0v) is 11.6. The van der Waals surface area contributed by atoms with Gasteiger partial charge in [-0.25, -0.2) is 0 Å². The van der Waals surface area contributed by atoms with Gasteiger partial charge in [0, 0.05) is 5.56 Å². The fraction of sp³-hybridized carbons (Fsp3) is 0.538. The van der Waals surface area contributed by atoms with E-state index in [1.165, 1.54) is 12.1 Å². The SMILES string of the molecule is CCC(C)c1ccc(C(O)(C(F)(F)F)C(F)(F)Cl)cc1. The molecule has 0 aromatic heterocycles. The zero-order valence-electron chi connectivity index (χ0n) is 10.8. The van der Waals surface area contributed by atoms with Crippen molar-refractivity contribution in [1.29, 1.82) is 0 Å². The summed E-state index contributed by atoms with van der Waals surface area (Å²) in [6.45, 7) is 3.73. The molecule has 1 rings (SSSR count). The molecule has 0 aliphatic heterocycles. The maximum Gasteiger partial charge on any atom is 0.428 e. The van der Waals surface area contributed by atoms with Crippen LogP contribution in [0.5, 0.6) is 0 Å². The Balaban J connectivity index is 3.31. The summed E-state index contributed by atoms with van der Waals surface area (Å²) >= 11 is 4.49. The van der Waals surface area contributed by atoms with Gasteiger partial charge in [-0.2, -0.15) is 22.0 Å². The highest BCUT2D eigenvalue weighted by atomic mass is 35.5. The molecule has 0 aliphatic rings. The van der Waals surface area contributed by atoms with Gasteiger partial charge in [0.2, 0.25) is 0 Å². The molecular formula is C13H14ClF5O. The minimum absolute atomic E-state index is 0.0690. The zero-order chi connectivity index (χ0) is 15.8. The highest BCUT2D eigenvalue weighted by Crippen LogP contribution is 2.51. The maximum atomic E-state index is 13.1. The second-order valence-corrected chi connectivity index (χ2v) is 5.11. The third-order valence-corrected chi connectivity index (χ3v) is 3.60. The van der Waals surface area contributed by atoms with Crippen molar-refractivity contribution in [2.24, 2.45) is 0 Å². The van der Waals surface area contributed by atoms with Crippen LogP contribution in [-0.4, -0.2) is 16.7 Å². The van der Waals surface area contributed by atoms with Crippen molar-refractivity contribution < 1.29 is 27.1 Å². The van der Waals surface area contributed by atoms with Crippen LogP contribution in [0.2, 0.25) is 0 Å². The first-order valence-electron chi connectivity index (χ1n) is 5.91. The van der Waals surface area contributed by atoms with Crippen LogP contribution in [-0.2, 0) is 5.60 Å². The van der Waals surface area contributed by atoms with Crippen molar-refractivity contribution in [3.8, 4) is 0 Å². The van der Waals surface area contributed by atoms with Gasteiger partial charge in [0.25, 0.3) is 5.60 Å². The molecule has 2 atom stereocenters. The van der Waals surface area contributed by atoms with Gasteiger partial charge in [-0.3, -0.25) is 0 Å². The van der Waals surface area contributed by atoms with Crippen molar-refractivity contribution >= 4 is 11.6 Å². The van der Waals surface area contributed by atoms with Gasteiger partial charge in [-0.15, -0.1) is 0 Å². The number of rotatable bonds is 4. The molecule has 7 heteroatoms. The normalized spacial score (nSPS) is 17.6.